The number of thiophene rings is 1. The molecule has 3 rings (SSSR count). The number of aromatic nitrogens is 2. The van der Waals surface area contributed by atoms with Crippen LogP contribution in [0, 0.1) is 0 Å². The number of halogens is 1. The molecule has 0 atom stereocenters. The van der Waals surface area contributed by atoms with Crippen LogP contribution in [0.4, 0.5) is 5.69 Å². The molecule has 0 aliphatic carbocycles. The predicted molar refractivity (Wildman–Crippen MR) is 97.8 cm³/mol. The Morgan fingerprint density at radius 2 is 2.26 bits per heavy atom. The average Bonchev–Trinajstić information content (AvgIpc) is 3.09. The fraction of sp³-hybridized carbons (Fsp3) is 0.0588. The third-order valence-electron chi connectivity index (χ3n) is 3.32. The molecule has 0 aliphatic heterocycles. The summed E-state index contributed by atoms with van der Waals surface area (Å²) in [5.41, 5.74) is 2.52. The second kappa shape index (κ2) is 6.40. The van der Waals surface area contributed by atoms with Gasteiger partial charge in [0.1, 0.15) is 5.65 Å². The van der Waals surface area contributed by atoms with Crippen molar-refractivity contribution in [2.45, 2.75) is 0 Å². The SMILES string of the molecule is C=CC(=O)Nc1cnc2c(c1)c(/C=C/c1ccc(Cl)s1)cn2C. The van der Waals surface area contributed by atoms with E-state index in [1.165, 1.54) is 17.4 Å². The maximum atomic E-state index is 11.4. The minimum Gasteiger partial charge on any atom is -0.335 e. The number of fused-ring (bicyclic) bond motifs is 1. The van der Waals surface area contributed by atoms with E-state index in [0.29, 0.717) is 5.69 Å². The molecule has 1 amide bonds. The van der Waals surface area contributed by atoms with Crippen molar-refractivity contribution < 1.29 is 4.79 Å². The summed E-state index contributed by atoms with van der Waals surface area (Å²) >= 11 is 7.47. The number of amides is 1. The van der Waals surface area contributed by atoms with Gasteiger partial charge in [0.2, 0.25) is 5.91 Å². The minimum atomic E-state index is -0.257. The van der Waals surface area contributed by atoms with E-state index < -0.39 is 0 Å². The topological polar surface area (TPSA) is 46.9 Å². The second-order valence-corrected chi connectivity index (χ2v) is 6.71. The van der Waals surface area contributed by atoms with Gasteiger partial charge in [-0.05, 0) is 30.4 Å². The highest BCUT2D eigenvalue weighted by Gasteiger charge is 2.08. The lowest BCUT2D eigenvalue weighted by Gasteiger charge is -2.02. The van der Waals surface area contributed by atoms with Crippen LogP contribution in [0.15, 0.2) is 43.2 Å². The van der Waals surface area contributed by atoms with Crippen LogP contribution >= 0.6 is 22.9 Å². The van der Waals surface area contributed by atoms with E-state index in [1.54, 1.807) is 6.20 Å². The Morgan fingerprint density at radius 3 is 2.96 bits per heavy atom. The number of aryl methyl sites for hydroxylation is 1. The molecule has 6 heteroatoms. The normalized spacial score (nSPS) is 11.2. The fourth-order valence-electron chi connectivity index (χ4n) is 2.27. The van der Waals surface area contributed by atoms with Crippen LogP contribution in [0.25, 0.3) is 23.2 Å². The third kappa shape index (κ3) is 3.36. The molecule has 0 unspecified atom stereocenters. The molecule has 0 fully saturated rings. The van der Waals surface area contributed by atoms with Gasteiger partial charge in [-0.2, -0.15) is 0 Å². The van der Waals surface area contributed by atoms with Crippen LogP contribution in [0.1, 0.15) is 10.4 Å². The van der Waals surface area contributed by atoms with Crippen molar-refractivity contribution in [2.75, 3.05) is 5.32 Å². The van der Waals surface area contributed by atoms with Crippen molar-refractivity contribution in [3.05, 3.63) is 58.0 Å². The Labute approximate surface area is 142 Å². The number of rotatable bonds is 4. The van der Waals surface area contributed by atoms with Crippen molar-refractivity contribution in [1.82, 2.24) is 9.55 Å². The van der Waals surface area contributed by atoms with Gasteiger partial charge in [0.25, 0.3) is 0 Å². The zero-order valence-corrected chi connectivity index (χ0v) is 14.0. The Bertz CT molecular complexity index is 923. The first-order valence-electron chi connectivity index (χ1n) is 6.89. The van der Waals surface area contributed by atoms with Gasteiger partial charge in [0, 0.05) is 29.1 Å². The predicted octanol–water partition coefficient (Wildman–Crippen LogP) is 4.58. The molecule has 3 aromatic rings. The van der Waals surface area contributed by atoms with Crippen molar-refractivity contribution in [3.8, 4) is 0 Å². The van der Waals surface area contributed by atoms with Crippen LogP contribution in [-0.2, 0) is 11.8 Å². The summed E-state index contributed by atoms with van der Waals surface area (Å²) in [5, 5.41) is 3.70. The van der Waals surface area contributed by atoms with Crippen LogP contribution in [-0.4, -0.2) is 15.5 Å². The summed E-state index contributed by atoms with van der Waals surface area (Å²) in [5.74, 6) is -0.257. The zero-order valence-electron chi connectivity index (χ0n) is 12.4. The first kappa shape index (κ1) is 15.5. The average molecular weight is 344 g/mol. The van der Waals surface area contributed by atoms with Gasteiger partial charge in [0.15, 0.2) is 0 Å². The van der Waals surface area contributed by atoms with Crippen molar-refractivity contribution in [2.24, 2.45) is 7.05 Å². The maximum Gasteiger partial charge on any atom is 0.247 e. The highest BCUT2D eigenvalue weighted by molar-refractivity contribution is 7.17. The molecule has 0 aromatic carbocycles. The molecule has 116 valence electrons. The number of nitrogens with one attached hydrogen (secondary N) is 1. The van der Waals surface area contributed by atoms with E-state index in [9.17, 15) is 4.79 Å². The van der Waals surface area contributed by atoms with E-state index in [2.05, 4.69) is 16.9 Å². The minimum absolute atomic E-state index is 0.257. The number of carbonyl (C=O) groups is 1. The smallest absolute Gasteiger partial charge is 0.247 e. The number of hydrogen-bond donors (Lipinski definition) is 1. The molecule has 4 nitrogen and oxygen atoms in total. The largest absolute Gasteiger partial charge is 0.335 e. The van der Waals surface area contributed by atoms with Gasteiger partial charge >= 0.3 is 0 Å². The zero-order chi connectivity index (χ0) is 16.4. The summed E-state index contributed by atoms with van der Waals surface area (Å²) in [6.45, 7) is 3.45. The van der Waals surface area contributed by atoms with Gasteiger partial charge in [0.05, 0.1) is 16.2 Å². The van der Waals surface area contributed by atoms with Crippen LogP contribution in [0.5, 0.6) is 0 Å². The highest BCUT2D eigenvalue weighted by Crippen LogP contribution is 2.26. The van der Waals surface area contributed by atoms with E-state index >= 15 is 0 Å². The lowest BCUT2D eigenvalue weighted by molar-refractivity contribution is -0.111. The molecule has 1 N–H and O–H groups in total. The van der Waals surface area contributed by atoms with Crippen molar-refractivity contribution >= 4 is 57.7 Å². The first-order valence-corrected chi connectivity index (χ1v) is 8.08. The highest BCUT2D eigenvalue weighted by atomic mass is 35.5. The second-order valence-electron chi connectivity index (χ2n) is 4.96. The van der Waals surface area contributed by atoms with Gasteiger partial charge in [-0.3, -0.25) is 4.79 Å². The third-order valence-corrected chi connectivity index (χ3v) is 4.51. The lowest BCUT2D eigenvalue weighted by Crippen LogP contribution is -2.07. The van der Waals surface area contributed by atoms with Crippen LogP contribution in [0.2, 0.25) is 4.34 Å². The summed E-state index contributed by atoms with van der Waals surface area (Å²) in [7, 11) is 1.94. The van der Waals surface area contributed by atoms with Gasteiger partial charge in [-0.15, -0.1) is 11.3 Å². The standard InChI is InChI=1S/C17H14ClN3OS/c1-3-16(22)20-12-8-14-11(10-21(2)17(14)19-9-12)4-5-13-6-7-15(18)23-13/h3-10H,1H2,2H3,(H,20,22)/b5-4+. The van der Waals surface area contributed by atoms with E-state index in [1.807, 2.05) is 48.2 Å². The van der Waals surface area contributed by atoms with E-state index in [4.69, 9.17) is 11.6 Å². The summed E-state index contributed by atoms with van der Waals surface area (Å²) in [6.07, 6.45) is 8.90. The van der Waals surface area contributed by atoms with Crippen LogP contribution < -0.4 is 5.32 Å². The molecule has 0 spiro atoms. The molecular weight excluding hydrogens is 330 g/mol. The molecular formula is C17H14ClN3OS. The number of nitrogens with zero attached hydrogens (tertiary/aromatic N) is 2. The van der Waals surface area contributed by atoms with Crippen LogP contribution in [0.3, 0.4) is 0 Å². The van der Waals surface area contributed by atoms with Gasteiger partial charge < -0.3 is 9.88 Å². The van der Waals surface area contributed by atoms with E-state index in [0.717, 1.165) is 25.8 Å². The van der Waals surface area contributed by atoms with Crippen molar-refractivity contribution in [1.29, 1.82) is 0 Å². The number of hydrogen-bond acceptors (Lipinski definition) is 3. The van der Waals surface area contributed by atoms with Crippen molar-refractivity contribution in [3.63, 3.8) is 0 Å². The quantitative estimate of drug-likeness (QED) is 0.705. The Morgan fingerprint density at radius 1 is 1.43 bits per heavy atom. The molecule has 0 radical (unpaired) electrons. The monoisotopic (exact) mass is 343 g/mol. The summed E-state index contributed by atoms with van der Waals surface area (Å²) in [6, 6.07) is 5.76. The lowest BCUT2D eigenvalue weighted by atomic mass is 10.2. The number of anilines is 1. The molecule has 0 saturated carbocycles. The van der Waals surface area contributed by atoms with Gasteiger partial charge in [-0.1, -0.05) is 24.3 Å². The summed E-state index contributed by atoms with van der Waals surface area (Å²) in [4.78, 5) is 16.9. The van der Waals surface area contributed by atoms with Gasteiger partial charge in [-0.25, -0.2) is 4.98 Å². The maximum absolute atomic E-state index is 11.4. The Hall–Kier alpha value is -2.37. The first-order chi connectivity index (χ1) is 11.1. The summed E-state index contributed by atoms with van der Waals surface area (Å²) < 4.78 is 2.72. The molecule has 0 saturated heterocycles. The Balaban J connectivity index is 1.99. The Kier molecular flexibility index (Phi) is 4.32. The fourth-order valence-corrected chi connectivity index (χ4v) is 3.24. The molecule has 3 heterocycles. The number of carbonyl (C=O) groups excluding carboxylic acids is 1. The molecule has 0 bridgehead atoms. The number of pyridine rings is 1. The molecule has 3 aromatic heterocycles. The molecule has 0 aliphatic rings. The molecule has 23 heavy (non-hydrogen) atoms. The van der Waals surface area contributed by atoms with E-state index in [-0.39, 0.29) is 5.91 Å².